The van der Waals surface area contributed by atoms with E-state index in [9.17, 15) is 8.42 Å². The third-order valence-electron chi connectivity index (χ3n) is 2.64. The van der Waals surface area contributed by atoms with Crippen LogP contribution in [0.4, 0.5) is 0 Å². The number of nitrogens with one attached hydrogen (secondary N) is 1. The molecule has 1 aromatic carbocycles. The van der Waals surface area contributed by atoms with Gasteiger partial charge in [0.2, 0.25) is 0 Å². The Hall–Kier alpha value is -1.41. The van der Waals surface area contributed by atoms with E-state index in [1.54, 1.807) is 25.3 Å². The van der Waals surface area contributed by atoms with Crippen LogP contribution in [0, 0.1) is 0 Å². The molecule has 0 aromatic heterocycles. The quantitative estimate of drug-likeness (QED) is 0.684. The van der Waals surface area contributed by atoms with Crippen LogP contribution in [0.2, 0.25) is 0 Å². The van der Waals surface area contributed by atoms with Crippen LogP contribution in [0.15, 0.2) is 36.4 Å². The van der Waals surface area contributed by atoms with Crippen molar-refractivity contribution in [1.82, 2.24) is 9.03 Å². The first-order valence-electron chi connectivity index (χ1n) is 6.18. The van der Waals surface area contributed by atoms with E-state index in [1.165, 1.54) is 11.4 Å². The van der Waals surface area contributed by atoms with Gasteiger partial charge >= 0.3 is 0 Å². The molecule has 1 rings (SSSR count). The molecule has 0 amide bonds. The van der Waals surface area contributed by atoms with Gasteiger partial charge in [0.1, 0.15) is 5.75 Å². The molecule has 0 saturated heterocycles. The Morgan fingerprint density at radius 3 is 2.80 bits per heavy atom. The van der Waals surface area contributed by atoms with Gasteiger partial charge in [0.25, 0.3) is 10.2 Å². The summed E-state index contributed by atoms with van der Waals surface area (Å²) in [7, 11) is -0.411. The second kappa shape index (κ2) is 8.01. The highest BCUT2D eigenvalue weighted by Crippen LogP contribution is 2.14. The first-order valence-corrected chi connectivity index (χ1v) is 7.62. The zero-order chi connectivity index (χ0) is 15.0. The smallest absolute Gasteiger partial charge is 0.279 e. The molecule has 0 spiro atoms. The fourth-order valence-corrected chi connectivity index (χ4v) is 2.40. The number of hydrogen-bond acceptors (Lipinski definition) is 4. The van der Waals surface area contributed by atoms with Crippen LogP contribution in [-0.4, -0.2) is 40.0 Å². The van der Waals surface area contributed by atoms with Gasteiger partial charge in [-0.25, -0.2) is 0 Å². The van der Waals surface area contributed by atoms with Crippen LogP contribution in [0.3, 0.4) is 0 Å². The third kappa shape index (κ3) is 5.30. The van der Waals surface area contributed by atoms with E-state index >= 15 is 0 Å². The normalized spacial score (nSPS) is 12.2. The second-order valence-electron chi connectivity index (χ2n) is 4.17. The Morgan fingerprint density at radius 1 is 1.40 bits per heavy atom. The number of benzene rings is 1. The van der Waals surface area contributed by atoms with Crippen molar-refractivity contribution < 1.29 is 13.2 Å². The Bertz CT molecular complexity index is 544. The fourth-order valence-electron chi connectivity index (χ4n) is 1.56. The summed E-state index contributed by atoms with van der Waals surface area (Å²) in [5, 5.41) is 0. The zero-order valence-corrected chi connectivity index (χ0v) is 12.6. The second-order valence-corrected chi connectivity index (χ2v) is 6.03. The number of nitrogens with two attached hydrogens (primary N) is 1. The molecule has 0 unspecified atom stereocenters. The van der Waals surface area contributed by atoms with E-state index in [-0.39, 0.29) is 13.1 Å². The molecule has 0 aliphatic heterocycles. The lowest BCUT2D eigenvalue weighted by molar-refractivity contribution is 0.412. The number of hydrogen-bond donors (Lipinski definition) is 2. The number of methoxy groups -OCH3 is 1. The van der Waals surface area contributed by atoms with E-state index in [1.807, 2.05) is 18.2 Å². The van der Waals surface area contributed by atoms with Crippen LogP contribution >= 0.6 is 0 Å². The summed E-state index contributed by atoms with van der Waals surface area (Å²) in [6.07, 6.45) is 3.38. The fraction of sp³-hybridized carbons (Fsp3) is 0.385. The molecule has 0 aliphatic rings. The van der Waals surface area contributed by atoms with Crippen molar-refractivity contribution in [3.8, 4) is 5.75 Å². The highest BCUT2D eigenvalue weighted by molar-refractivity contribution is 7.87. The Morgan fingerprint density at radius 2 is 2.15 bits per heavy atom. The van der Waals surface area contributed by atoms with Crippen molar-refractivity contribution in [2.75, 3.05) is 27.2 Å². The van der Waals surface area contributed by atoms with Crippen molar-refractivity contribution in [2.45, 2.75) is 6.54 Å². The highest BCUT2D eigenvalue weighted by atomic mass is 32.2. The van der Waals surface area contributed by atoms with E-state index in [0.29, 0.717) is 12.3 Å². The number of ether oxygens (including phenoxy) is 1. The Kier molecular flexibility index (Phi) is 6.66. The van der Waals surface area contributed by atoms with Crippen LogP contribution in [-0.2, 0) is 16.8 Å². The molecule has 0 heterocycles. The standard InChI is InChI=1S/C13H21N3O3S/c1-16(20(17,18)15-9-4-3-8-14)11-12-6-5-7-13(10-12)19-2/h3-7,10,15H,8-9,11,14H2,1-2H3/b4-3+. The van der Waals surface area contributed by atoms with E-state index < -0.39 is 10.2 Å². The molecule has 20 heavy (non-hydrogen) atoms. The summed E-state index contributed by atoms with van der Waals surface area (Å²) in [5.74, 6) is 0.701. The molecule has 0 atom stereocenters. The SMILES string of the molecule is COc1cccc(CN(C)S(=O)(=O)NC/C=C/CN)c1. The van der Waals surface area contributed by atoms with Crippen LogP contribution in [0.5, 0.6) is 5.75 Å². The zero-order valence-electron chi connectivity index (χ0n) is 11.7. The maximum atomic E-state index is 12.0. The molecular weight excluding hydrogens is 278 g/mol. The summed E-state index contributed by atoms with van der Waals surface area (Å²) in [6, 6.07) is 7.29. The topological polar surface area (TPSA) is 84.7 Å². The average molecular weight is 299 g/mol. The maximum Gasteiger partial charge on any atom is 0.279 e. The minimum atomic E-state index is -3.51. The molecule has 7 heteroatoms. The van der Waals surface area contributed by atoms with Gasteiger partial charge in [0.15, 0.2) is 0 Å². The average Bonchev–Trinajstić information content (AvgIpc) is 2.44. The van der Waals surface area contributed by atoms with Crippen molar-refractivity contribution in [2.24, 2.45) is 5.73 Å². The summed E-state index contributed by atoms with van der Waals surface area (Å²) in [6.45, 7) is 0.885. The monoisotopic (exact) mass is 299 g/mol. The van der Waals surface area contributed by atoms with Crippen LogP contribution in [0.1, 0.15) is 5.56 Å². The molecule has 0 radical (unpaired) electrons. The van der Waals surface area contributed by atoms with Gasteiger partial charge in [0.05, 0.1) is 7.11 Å². The van der Waals surface area contributed by atoms with Crippen molar-refractivity contribution in [3.63, 3.8) is 0 Å². The molecule has 0 aliphatic carbocycles. The summed E-state index contributed by atoms with van der Waals surface area (Å²) < 4.78 is 32.8. The largest absolute Gasteiger partial charge is 0.497 e. The minimum absolute atomic E-state index is 0.224. The number of nitrogens with zero attached hydrogens (tertiary/aromatic N) is 1. The van der Waals surface area contributed by atoms with Gasteiger partial charge in [-0.1, -0.05) is 24.3 Å². The van der Waals surface area contributed by atoms with Gasteiger partial charge in [-0.2, -0.15) is 17.4 Å². The molecular formula is C13H21N3O3S. The lowest BCUT2D eigenvalue weighted by Crippen LogP contribution is -2.37. The molecule has 0 fully saturated rings. The molecule has 0 bridgehead atoms. The first-order chi connectivity index (χ1) is 9.49. The lowest BCUT2D eigenvalue weighted by atomic mass is 10.2. The predicted molar refractivity (Wildman–Crippen MR) is 79.6 cm³/mol. The van der Waals surface area contributed by atoms with Crippen LogP contribution in [0.25, 0.3) is 0 Å². The molecule has 112 valence electrons. The molecule has 6 nitrogen and oxygen atoms in total. The van der Waals surface area contributed by atoms with Crippen molar-refractivity contribution in [3.05, 3.63) is 42.0 Å². The number of rotatable bonds is 8. The highest BCUT2D eigenvalue weighted by Gasteiger charge is 2.16. The van der Waals surface area contributed by atoms with Gasteiger partial charge in [-0.15, -0.1) is 0 Å². The van der Waals surface area contributed by atoms with E-state index in [0.717, 1.165) is 5.56 Å². The molecule has 3 N–H and O–H groups in total. The van der Waals surface area contributed by atoms with E-state index in [2.05, 4.69) is 4.72 Å². The summed E-state index contributed by atoms with van der Waals surface area (Å²) >= 11 is 0. The Labute approximate surface area is 120 Å². The molecule has 1 aromatic rings. The van der Waals surface area contributed by atoms with Gasteiger partial charge in [-0.3, -0.25) is 0 Å². The van der Waals surface area contributed by atoms with E-state index in [4.69, 9.17) is 10.5 Å². The Balaban J connectivity index is 2.64. The van der Waals surface area contributed by atoms with Gasteiger partial charge in [0, 0.05) is 26.7 Å². The minimum Gasteiger partial charge on any atom is -0.497 e. The van der Waals surface area contributed by atoms with Gasteiger partial charge in [-0.05, 0) is 17.7 Å². The summed E-state index contributed by atoms with van der Waals surface area (Å²) in [4.78, 5) is 0. The first kappa shape index (κ1) is 16.6. The maximum absolute atomic E-state index is 12.0. The predicted octanol–water partition coefficient (Wildman–Crippen LogP) is 0.476. The third-order valence-corrected chi connectivity index (χ3v) is 4.12. The van der Waals surface area contributed by atoms with Crippen molar-refractivity contribution >= 4 is 10.2 Å². The lowest BCUT2D eigenvalue weighted by Gasteiger charge is -2.17. The van der Waals surface area contributed by atoms with Crippen molar-refractivity contribution in [1.29, 1.82) is 0 Å². The van der Waals surface area contributed by atoms with Gasteiger partial charge < -0.3 is 10.5 Å². The summed E-state index contributed by atoms with van der Waals surface area (Å²) in [5.41, 5.74) is 6.14. The van der Waals surface area contributed by atoms with Crippen LogP contribution < -0.4 is 15.2 Å². The molecule has 0 saturated carbocycles.